The van der Waals surface area contributed by atoms with E-state index in [0.29, 0.717) is 16.5 Å². The van der Waals surface area contributed by atoms with E-state index in [1.165, 1.54) is 5.56 Å². The first-order valence-electron chi connectivity index (χ1n) is 6.66. The van der Waals surface area contributed by atoms with Gasteiger partial charge < -0.3 is 0 Å². The van der Waals surface area contributed by atoms with Gasteiger partial charge in [-0.3, -0.25) is 4.79 Å². The van der Waals surface area contributed by atoms with Crippen molar-refractivity contribution in [3.05, 3.63) is 69.2 Å². The van der Waals surface area contributed by atoms with Crippen molar-refractivity contribution in [3.8, 4) is 0 Å². The summed E-state index contributed by atoms with van der Waals surface area (Å²) in [6.45, 7) is 2.13. The highest BCUT2D eigenvalue weighted by Gasteiger charge is 2.10. The number of carbonyl (C=O) groups is 1. The number of ketones is 1. The number of hydrogen-bond donors (Lipinski definition) is 0. The molecule has 0 atom stereocenters. The molecule has 2 rings (SSSR count). The second kappa shape index (κ2) is 6.92. The van der Waals surface area contributed by atoms with Crippen LogP contribution in [-0.2, 0) is 12.8 Å². The lowest BCUT2D eigenvalue weighted by molar-refractivity contribution is 0.0993. The molecule has 0 saturated heterocycles. The number of halogens is 2. The summed E-state index contributed by atoms with van der Waals surface area (Å²) < 4.78 is 0. The third-order valence-corrected chi connectivity index (χ3v) is 3.74. The largest absolute Gasteiger partial charge is 0.294 e. The van der Waals surface area contributed by atoms with Crippen molar-refractivity contribution in [1.29, 1.82) is 0 Å². The van der Waals surface area contributed by atoms with E-state index >= 15 is 0 Å². The number of aryl methyl sites for hydroxylation is 1. The molecule has 0 aliphatic rings. The van der Waals surface area contributed by atoms with Crippen molar-refractivity contribution in [2.75, 3.05) is 0 Å². The second-order valence-electron chi connectivity index (χ2n) is 4.79. The topological polar surface area (TPSA) is 17.1 Å². The Bertz CT molecular complexity index is 620. The smallest absolute Gasteiger partial charge is 0.167 e. The molecule has 0 bridgehead atoms. The lowest BCUT2D eigenvalue weighted by Gasteiger charge is -2.06. The standard InChI is InChI=1S/C17H16Cl2O/c1-2-4-12-5-3-6-14(9-12)17(20)10-13-7-8-15(18)11-16(13)19/h3,5-9,11H,2,4,10H2,1H3. The van der Waals surface area contributed by atoms with Crippen LogP contribution in [0.5, 0.6) is 0 Å². The van der Waals surface area contributed by atoms with Crippen molar-refractivity contribution in [3.63, 3.8) is 0 Å². The van der Waals surface area contributed by atoms with Crippen LogP contribution in [0.25, 0.3) is 0 Å². The van der Waals surface area contributed by atoms with Crippen LogP contribution in [0.4, 0.5) is 0 Å². The van der Waals surface area contributed by atoms with Gasteiger partial charge >= 0.3 is 0 Å². The summed E-state index contributed by atoms with van der Waals surface area (Å²) in [4.78, 5) is 12.3. The molecule has 2 aromatic carbocycles. The molecule has 20 heavy (non-hydrogen) atoms. The van der Waals surface area contributed by atoms with Crippen molar-refractivity contribution in [1.82, 2.24) is 0 Å². The maximum absolute atomic E-state index is 12.3. The quantitative estimate of drug-likeness (QED) is 0.679. The average molecular weight is 307 g/mol. The Hall–Kier alpha value is -1.31. The van der Waals surface area contributed by atoms with Gasteiger partial charge in [-0.2, -0.15) is 0 Å². The molecule has 0 spiro atoms. The molecule has 0 aromatic heterocycles. The summed E-state index contributed by atoms with van der Waals surface area (Å²) in [6.07, 6.45) is 2.36. The lowest BCUT2D eigenvalue weighted by Crippen LogP contribution is -2.04. The fourth-order valence-corrected chi connectivity index (χ4v) is 2.60. The fourth-order valence-electron chi connectivity index (χ4n) is 2.13. The molecule has 0 aliphatic heterocycles. The minimum Gasteiger partial charge on any atom is -0.294 e. The Labute approximate surface area is 129 Å². The first-order chi connectivity index (χ1) is 9.60. The zero-order valence-corrected chi connectivity index (χ0v) is 12.8. The van der Waals surface area contributed by atoms with E-state index in [0.717, 1.165) is 24.0 Å². The summed E-state index contributed by atoms with van der Waals surface area (Å²) in [5.41, 5.74) is 2.74. The lowest BCUT2D eigenvalue weighted by atomic mass is 10.00. The van der Waals surface area contributed by atoms with Gasteiger partial charge in [0.2, 0.25) is 0 Å². The van der Waals surface area contributed by atoms with Gasteiger partial charge in [-0.25, -0.2) is 0 Å². The van der Waals surface area contributed by atoms with Gasteiger partial charge in [0.25, 0.3) is 0 Å². The summed E-state index contributed by atoms with van der Waals surface area (Å²) in [6, 6.07) is 13.0. The molecule has 0 saturated carbocycles. The SMILES string of the molecule is CCCc1cccc(C(=O)Cc2ccc(Cl)cc2Cl)c1. The molecule has 0 N–H and O–H groups in total. The highest BCUT2D eigenvalue weighted by atomic mass is 35.5. The first kappa shape index (κ1) is 15.1. The van der Waals surface area contributed by atoms with Crippen LogP contribution in [-0.4, -0.2) is 5.78 Å². The zero-order chi connectivity index (χ0) is 14.5. The highest BCUT2D eigenvalue weighted by Crippen LogP contribution is 2.22. The third kappa shape index (κ3) is 3.84. The van der Waals surface area contributed by atoms with E-state index in [4.69, 9.17) is 23.2 Å². The zero-order valence-electron chi connectivity index (χ0n) is 11.3. The minimum atomic E-state index is 0.0761. The van der Waals surface area contributed by atoms with E-state index in [1.54, 1.807) is 18.2 Å². The molecule has 0 radical (unpaired) electrons. The summed E-state index contributed by atoms with van der Waals surface area (Å²) in [5.74, 6) is 0.0761. The van der Waals surface area contributed by atoms with E-state index < -0.39 is 0 Å². The Morgan fingerprint density at radius 1 is 1.10 bits per heavy atom. The van der Waals surface area contributed by atoms with Crippen molar-refractivity contribution in [2.45, 2.75) is 26.2 Å². The normalized spacial score (nSPS) is 10.6. The molecule has 0 aliphatic carbocycles. The molecule has 1 nitrogen and oxygen atoms in total. The van der Waals surface area contributed by atoms with Crippen molar-refractivity contribution < 1.29 is 4.79 Å². The van der Waals surface area contributed by atoms with Crippen LogP contribution < -0.4 is 0 Å². The maximum atomic E-state index is 12.3. The third-order valence-electron chi connectivity index (χ3n) is 3.15. The molecule has 0 fully saturated rings. The minimum absolute atomic E-state index is 0.0761. The predicted octanol–water partition coefficient (Wildman–Crippen LogP) is 5.37. The van der Waals surface area contributed by atoms with Crippen LogP contribution >= 0.6 is 23.2 Å². The molecule has 104 valence electrons. The summed E-state index contributed by atoms with van der Waals surface area (Å²) in [7, 11) is 0. The monoisotopic (exact) mass is 306 g/mol. The van der Waals surface area contributed by atoms with E-state index in [9.17, 15) is 4.79 Å². The van der Waals surface area contributed by atoms with Crippen molar-refractivity contribution in [2.24, 2.45) is 0 Å². The summed E-state index contributed by atoms with van der Waals surface area (Å²) >= 11 is 12.0. The van der Waals surface area contributed by atoms with Gasteiger partial charge in [-0.15, -0.1) is 0 Å². The van der Waals surface area contributed by atoms with Crippen LogP contribution in [0, 0.1) is 0 Å². The summed E-state index contributed by atoms with van der Waals surface area (Å²) in [5, 5.41) is 1.12. The number of hydrogen-bond acceptors (Lipinski definition) is 1. The van der Waals surface area contributed by atoms with Gasteiger partial charge in [0.1, 0.15) is 0 Å². The van der Waals surface area contributed by atoms with E-state index in [1.807, 2.05) is 18.2 Å². The molecule has 2 aromatic rings. The number of rotatable bonds is 5. The molecule has 3 heteroatoms. The molecular formula is C17H16Cl2O. The number of benzene rings is 2. The molecule has 0 heterocycles. The Morgan fingerprint density at radius 2 is 1.90 bits per heavy atom. The van der Waals surface area contributed by atoms with Crippen LogP contribution in [0.15, 0.2) is 42.5 Å². The first-order valence-corrected chi connectivity index (χ1v) is 7.42. The van der Waals surface area contributed by atoms with Gasteiger partial charge in [-0.1, -0.05) is 60.8 Å². The van der Waals surface area contributed by atoms with Crippen LogP contribution in [0.2, 0.25) is 10.0 Å². The van der Waals surface area contributed by atoms with Gasteiger partial charge in [0.05, 0.1) is 0 Å². The Morgan fingerprint density at radius 3 is 2.60 bits per heavy atom. The fraction of sp³-hybridized carbons (Fsp3) is 0.235. The number of carbonyl (C=O) groups excluding carboxylic acids is 1. The maximum Gasteiger partial charge on any atom is 0.167 e. The van der Waals surface area contributed by atoms with Crippen molar-refractivity contribution >= 4 is 29.0 Å². The number of Topliss-reactive ketones (excluding diaryl/α,β-unsaturated/α-hetero) is 1. The Kier molecular flexibility index (Phi) is 5.22. The second-order valence-corrected chi connectivity index (χ2v) is 5.63. The van der Waals surface area contributed by atoms with E-state index in [2.05, 4.69) is 13.0 Å². The van der Waals surface area contributed by atoms with Gasteiger partial charge in [-0.05, 0) is 35.7 Å². The molecule has 0 unspecified atom stereocenters. The van der Waals surface area contributed by atoms with Crippen LogP contribution in [0.3, 0.4) is 0 Å². The Balaban J connectivity index is 2.17. The molecule has 0 amide bonds. The van der Waals surface area contributed by atoms with Gasteiger partial charge in [0.15, 0.2) is 5.78 Å². The van der Waals surface area contributed by atoms with E-state index in [-0.39, 0.29) is 5.78 Å². The van der Waals surface area contributed by atoms with Gasteiger partial charge in [0, 0.05) is 22.0 Å². The van der Waals surface area contributed by atoms with Crippen LogP contribution in [0.1, 0.15) is 34.8 Å². The average Bonchev–Trinajstić information content (AvgIpc) is 2.42. The predicted molar refractivity (Wildman–Crippen MR) is 84.9 cm³/mol. The highest BCUT2D eigenvalue weighted by molar-refractivity contribution is 6.35. The molecular weight excluding hydrogens is 291 g/mol.